The summed E-state index contributed by atoms with van der Waals surface area (Å²) in [4.78, 5) is 37.1. The first-order valence-electron chi connectivity index (χ1n) is 7.06. The largest absolute Gasteiger partial charge is 0.322 e. The second-order valence-electron chi connectivity index (χ2n) is 5.28. The highest BCUT2D eigenvalue weighted by molar-refractivity contribution is 6.05. The monoisotopic (exact) mass is 297 g/mol. The van der Waals surface area contributed by atoms with Gasteiger partial charge in [0, 0.05) is 24.1 Å². The summed E-state index contributed by atoms with van der Waals surface area (Å²) in [5.41, 5.74) is 7.57. The van der Waals surface area contributed by atoms with Gasteiger partial charge in [0.2, 0.25) is 11.8 Å². The van der Waals surface area contributed by atoms with E-state index in [0.717, 1.165) is 11.1 Å². The minimum absolute atomic E-state index is 0.178. The van der Waals surface area contributed by atoms with E-state index in [1.807, 2.05) is 6.07 Å². The quantitative estimate of drug-likeness (QED) is 0.552. The van der Waals surface area contributed by atoms with Gasteiger partial charge in [0.15, 0.2) is 0 Å². The number of amides is 3. The number of piperidine rings is 1. The Morgan fingerprint density at radius 2 is 2.14 bits per heavy atom. The minimum atomic E-state index is -0.587. The summed E-state index contributed by atoms with van der Waals surface area (Å²) in [6.07, 6.45) is 0.619. The molecule has 1 atom stereocenters. The van der Waals surface area contributed by atoms with Gasteiger partial charge in [-0.3, -0.25) is 19.7 Å². The molecule has 112 valence electrons. The number of hydrogen-bond acceptors (Lipinski definition) is 4. The zero-order chi connectivity index (χ0) is 15.7. The molecule has 0 radical (unpaired) electrons. The van der Waals surface area contributed by atoms with Crippen LogP contribution >= 0.6 is 0 Å². The highest BCUT2D eigenvalue weighted by atomic mass is 16.2. The molecule has 1 saturated heterocycles. The van der Waals surface area contributed by atoms with Gasteiger partial charge in [0.1, 0.15) is 6.04 Å². The van der Waals surface area contributed by atoms with Gasteiger partial charge in [-0.1, -0.05) is 11.8 Å². The third kappa shape index (κ3) is 2.47. The Morgan fingerprint density at radius 1 is 1.32 bits per heavy atom. The van der Waals surface area contributed by atoms with Gasteiger partial charge in [0.25, 0.3) is 5.91 Å². The Kier molecular flexibility index (Phi) is 3.65. The Balaban J connectivity index is 1.84. The maximum absolute atomic E-state index is 12.5. The van der Waals surface area contributed by atoms with Gasteiger partial charge in [-0.05, 0) is 30.2 Å². The fraction of sp³-hybridized carbons (Fsp3) is 0.312. The van der Waals surface area contributed by atoms with E-state index in [9.17, 15) is 14.4 Å². The molecule has 22 heavy (non-hydrogen) atoms. The van der Waals surface area contributed by atoms with Crippen LogP contribution in [0.1, 0.15) is 34.3 Å². The molecule has 0 bridgehead atoms. The third-order valence-corrected chi connectivity index (χ3v) is 3.86. The molecule has 2 aliphatic heterocycles. The molecule has 0 aliphatic carbocycles. The summed E-state index contributed by atoms with van der Waals surface area (Å²) >= 11 is 0. The number of nitrogens with zero attached hydrogens (tertiary/aromatic N) is 1. The van der Waals surface area contributed by atoms with Gasteiger partial charge in [-0.25, -0.2) is 0 Å². The molecule has 0 aromatic heterocycles. The standard InChI is InChI=1S/C16H15N3O3/c17-7-1-2-10-3-4-12-11(8-10)9-19(16(12)22)13-5-6-14(20)18-15(13)21/h3-4,8,13H,5-7,9,17H2,(H,18,20,21). The van der Waals surface area contributed by atoms with E-state index in [0.29, 0.717) is 18.5 Å². The molecule has 1 unspecified atom stereocenters. The molecular weight excluding hydrogens is 282 g/mol. The number of carbonyl (C=O) groups excluding carboxylic acids is 3. The van der Waals surface area contributed by atoms with E-state index in [4.69, 9.17) is 5.73 Å². The zero-order valence-electron chi connectivity index (χ0n) is 11.9. The van der Waals surface area contributed by atoms with Crippen LogP contribution in [0.2, 0.25) is 0 Å². The molecule has 1 aromatic carbocycles. The summed E-state index contributed by atoms with van der Waals surface area (Å²) in [5, 5.41) is 2.28. The lowest BCUT2D eigenvalue weighted by Gasteiger charge is -2.29. The van der Waals surface area contributed by atoms with E-state index in [1.165, 1.54) is 4.90 Å². The lowest BCUT2D eigenvalue weighted by molar-refractivity contribution is -0.136. The van der Waals surface area contributed by atoms with Crippen LogP contribution in [0.15, 0.2) is 18.2 Å². The highest BCUT2D eigenvalue weighted by Gasteiger charge is 2.38. The van der Waals surface area contributed by atoms with Gasteiger partial charge >= 0.3 is 0 Å². The normalized spacial score (nSPS) is 20.3. The van der Waals surface area contributed by atoms with Gasteiger partial charge in [-0.2, -0.15) is 0 Å². The fourth-order valence-corrected chi connectivity index (χ4v) is 2.81. The molecular formula is C16H15N3O3. The Labute approximate surface area is 127 Å². The number of imide groups is 1. The van der Waals surface area contributed by atoms with Crippen molar-refractivity contribution in [3.63, 3.8) is 0 Å². The number of hydrogen-bond donors (Lipinski definition) is 2. The van der Waals surface area contributed by atoms with Crippen LogP contribution in [-0.2, 0) is 16.1 Å². The average Bonchev–Trinajstić information content (AvgIpc) is 2.82. The van der Waals surface area contributed by atoms with Crippen LogP contribution in [0.5, 0.6) is 0 Å². The molecule has 3 amide bonds. The first-order chi connectivity index (χ1) is 10.6. The number of nitrogens with two attached hydrogens (primary N) is 1. The Hall–Kier alpha value is -2.65. The first-order valence-corrected chi connectivity index (χ1v) is 7.06. The molecule has 1 aromatic rings. The minimum Gasteiger partial charge on any atom is -0.322 e. The van der Waals surface area contributed by atoms with Crippen LogP contribution in [0.25, 0.3) is 0 Å². The molecule has 0 saturated carbocycles. The van der Waals surface area contributed by atoms with Crippen molar-refractivity contribution in [1.29, 1.82) is 0 Å². The van der Waals surface area contributed by atoms with Crippen molar-refractivity contribution in [3.8, 4) is 11.8 Å². The lowest BCUT2D eigenvalue weighted by atomic mass is 10.0. The third-order valence-electron chi connectivity index (χ3n) is 3.86. The highest BCUT2D eigenvalue weighted by Crippen LogP contribution is 2.27. The predicted octanol–water partition coefficient (Wildman–Crippen LogP) is -0.242. The number of benzene rings is 1. The Morgan fingerprint density at radius 3 is 2.86 bits per heavy atom. The van der Waals surface area contributed by atoms with Crippen molar-refractivity contribution < 1.29 is 14.4 Å². The zero-order valence-corrected chi connectivity index (χ0v) is 11.9. The van der Waals surface area contributed by atoms with E-state index in [1.54, 1.807) is 12.1 Å². The Bertz CT molecular complexity index is 730. The SMILES string of the molecule is NCC#Cc1ccc2c(c1)CN(C1CCC(=O)NC1=O)C2=O. The van der Waals surface area contributed by atoms with Gasteiger partial charge in [-0.15, -0.1) is 0 Å². The molecule has 6 heteroatoms. The van der Waals surface area contributed by atoms with Crippen molar-refractivity contribution in [1.82, 2.24) is 10.2 Å². The van der Waals surface area contributed by atoms with Crippen molar-refractivity contribution in [2.75, 3.05) is 6.54 Å². The number of rotatable bonds is 1. The van der Waals surface area contributed by atoms with E-state index < -0.39 is 11.9 Å². The van der Waals surface area contributed by atoms with E-state index in [2.05, 4.69) is 17.2 Å². The van der Waals surface area contributed by atoms with Crippen molar-refractivity contribution in [2.24, 2.45) is 5.73 Å². The van der Waals surface area contributed by atoms with Gasteiger partial charge in [0.05, 0.1) is 6.54 Å². The maximum atomic E-state index is 12.5. The van der Waals surface area contributed by atoms with Crippen molar-refractivity contribution >= 4 is 17.7 Å². The molecule has 6 nitrogen and oxygen atoms in total. The van der Waals surface area contributed by atoms with Crippen LogP contribution in [0, 0.1) is 11.8 Å². The summed E-state index contributed by atoms with van der Waals surface area (Å²) in [7, 11) is 0. The number of carbonyl (C=O) groups is 3. The molecule has 3 N–H and O–H groups in total. The van der Waals surface area contributed by atoms with Crippen molar-refractivity contribution in [3.05, 3.63) is 34.9 Å². The number of nitrogens with one attached hydrogen (secondary N) is 1. The molecule has 3 rings (SSSR count). The summed E-state index contributed by atoms with van der Waals surface area (Å²) < 4.78 is 0. The van der Waals surface area contributed by atoms with Gasteiger partial charge < -0.3 is 10.6 Å². The topological polar surface area (TPSA) is 92.5 Å². The fourth-order valence-electron chi connectivity index (χ4n) is 2.81. The predicted molar refractivity (Wildman–Crippen MR) is 78.4 cm³/mol. The molecule has 2 aliphatic rings. The van der Waals surface area contributed by atoms with Crippen LogP contribution in [0.3, 0.4) is 0 Å². The molecule has 1 fully saturated rings. The molecule has 2 heterocycles. The smallest absolute Gasteiger partial charge is 0.255 e. The van der Waals surface area contributed by atoms with Crippen LogP contribution < -0.4 is 11.1 Å². The first kappa shape index (κ1) is 14.3. The summed E-state index contributed by atoms with van der Waals surface area (Å²) in [6.45, 7) is 0.636. The average molecular weight is 297 g/mol. The lowest BCUT2D eigenvalue weighted by Crippen LogP contribution is -2.52. The second-order valence-corrected chi connectivity index (χ2v) is 5.28. The molecule has 0 spiro atoms. The van der Waals surface area contributed by atoms with Crippen molar-refractivity contribution in [2.45, 2.75) is 25.4 Å². The van der Waals surface area contributed by atoms with Crippen LogP contribution in [-0.4, -0.2) is 35.2 Å². The van der Waals surface area contributed by atoms with E-state index >= 15 is 0 Å². The maximum Gasteiger partial charge on any atom is 0.255 e. The van der Waals surface area contributed by atoms with E-state index in [-0.39, 0.29) is 24.8 Å². The summed E-state index contributed by atoms with van der Waals surface area (Å²) in [5.74, 6) is 4.83. The second kappa shape index (κ2) is 5.62. The summed E-state index contributed by atoms with van der Waals surface area (Å²) in [6, 6.07) is 4.76. The van der Waals surface area contributed by atoms with Crippen LogP contribution in [0.4, 0.5) is 0 Å². The number of fused-ring (bicyclic) bond motifs is 1.